The number of Topliss-reactive ketones (excluding diaryl/α,β-unsaturated/α-hetero) is 2. The van der Waals surface area contributed by atoms with Crippen molar-refractivity contribution >= 4 is 28.2 Å². The normalized spacial score (nSPS) is 34.0. The first-order valence-corrected chi connectivity index (χ1v) is 6.23. The summed E-state index contributed by atoms with van der Waals surface area (Å²) in [4.78, 5) is 42.6. The van der Waals surface area contributed by atoms with Crippen LogP contribution in [0.4, 0.5) is 5.69 Å². The Bertz CT molecular complexity index is 1270. The SMILES string of the molecule is [2H]c1c([2H])c(N)c2c(=O)n([C@@]3(C([2H])([2H])[2H])C(=O)CC(=O)C([2H])([2H])C3([2H])[2H])c(C)nc2c1[2H]. The summed E-state index contributed by atoms with van der Waals surface area (Å²) in [7, 11) is 0. The van der Waals surface area contributed by atoms with Crippen LogP contribution in [-0.2, 0) is 15.1 Å². The van der Waals surface area contributed by atoms with Crippen molar-refractivity contribution in [2.45, 2.75) is 38.5 Å². The number of aromatic nitrogens is 2. The van der Waals surface area contributed by atoms with Crippen molar-refractivity contribution < 1.29 is 23.3 Å². The van der Waals surface area contributed by atoms with Crippen molar-refractivity contribution in [1.82, 2.24) is 9.55 Å². The van der Waals surface area contributed by atoms with Gasteiger partial charge in [-0.25, -0.2) is 4.98 Å². The van der Waals surface area contributed by atoms with Gasteiger partial charge in [-0.1, -0.05) is 6.04 Å². The molecule has 6 nitrogen and oxygen atoms in total. The second kappa shape index (κ2) is 4.76. The van der Waals surface area contributed by atoms with E-state index in [-0.39, 0.29) is 4.57 Å². The van der Waals surface area contributed by atoms with Crippen molar-refractivity contribution in [2.24, 2.45) is 0 Å². The predicted octanol–water partition coefficient (Wildman–Crippen LogP) is 1.32. The van der Waals surface area contributed by atoms with Crippen LogP contribution in [0, 0.1) is 6.92 Å². The Morgan fingerprint density at radius 3 is 2.95 bits per heavy atom. The topological polar surface area (TPSA) is 95.0 Å². The summed E-state index contributed by atoms with van der Waals surface area (Å²) in [6, 6.07) is -2.06. The number of ketones is 2. The molecule has 1 aliphatic rings. The minimum Gasteiger partial charge on any atom is -0.398 e. The molecule has 1 aromatic heterocycles. The molecule has 6 heteroatoms. The highest BCUT2D eigenvalue weighted by Gasteiger charge is 2.41. The number of aryl methyl sites for hydroxylation is 1. The average molecular weight is 309 g/mol. The number of anilines is 1. The highest BCUT2D eigenvalue weighted by atomic mass is 16.2. The van der Waals surface area contributed by atoms with Crippen LogP contribution in [0.2, 0.25) is 0 Å². The zero-order chi connectivity index (χ0) is 24.8. The van der Waals surface area contributed by atoms with E-state index in [1.54, 1.807) is 0 Å². The largest absolute Gasteiger partial charge is 0.398 e. The Balaban J connectivity index is 2.66. The third kappa shape index (κ3) is 1.94. The molecule has 0 saturated heterocycles. The highest BCUT2D eigenvalue weighted by Crippen LogP contribution is 2.30. The van der Waals surface area contributed by atoms with E-state index in [2.05, 4.69) is 4.98 Å². The molecular weight excluding hydrogens is 282 g/mol. The highest BCUT2D eigenvalue weighted by molar-refractivity contribution is 6.05. The molecule has 1 heterocycles. The summed E-state index contributed by atoms with van der Waals surface area (Å²) in [5, 5.41) is -0.689. The van der Waals surface area contributed by atoms with Gasteiger partial charge >= 0.3 is 0 Å². The summed E-state index contributed by atoms with van der Waals surface area (Å²) < 4.78 is 80.3. The molecule has 0 amide bonds. The van der Waals surface area contributed by atoms with Crippen molar-refractivity contribution in [3.63, 3.8) is 0 Å². The van der Waals surface area contributed by atoms with Crippen LogP contribution in [-0.4, -0.2) is 21.1 Å². The Morgan fingerprint density at radius 1 is 1.45 bits per heavy atom. The van der Waals surface area contributed by atoms with Crippen LogP contribution >= 0.6 is 0 Å². The van der Waals surface area contributed by atoms with E-state index in [1.807, 2.05) is 0 Å². The van der Waals surface area contributed by atoms with Gasteiger partial charge < -0.3 is 5.73 Å². The van der Waals surface area contributed by atoms with Crippen LogP contribution in [0.3, 0.4) is 0 Å². The first-order chi connectivity index (χ1) is 14.4. The van der Waals surface area contributed by atoms with Gasteiger partial charge in [-0.3, -0.25) is 19.0 Å². The van der Waals surface area contributed by atoms with Gasteiger partial charge in [-0.2, -0.15) is 0 Å². The Morgan fingerprint density at radius 2 is 2.23 bits per heavy atom. The molecule has 1 aliphatic carbocycles. The zero-order valence-corrected chi connectivity index (χ0v) is 11.4. The molecule has 2 N–H and O–H groups in total. The minimum atomic E-state index is -3.74. The number of hydrogen-bond acceptors (Lipinski definition) is 5. The first kappa shape index (κ1) is 6.73. The average Bonchev–Trinajstić information content (AvgIpc) is 2.64. The number of nitrogens with zero attached hydrogens (tertiary/aromatic N) is 2. The molecule has 1 atom stereocenters. The van der Waals surface area contributed by atoms with Crippen LogP contribution in [0.1, 0.15) is 45.6 Å². The maximum Gasteiger partial charge on any atom is 0.264 e. The lowest BCUT2D eigenvalue weighted by Crippen LogP contribution is -2.49. The van der Waals surface area contributed by atoms with Crippen molar-refractivity contribution in [3.05, 3.63) is 34.3 Å². The molecule has 114 valence electrons. The molecule has 2 aromatic rings. The quantitative estimate of drug-likeness (QED) is 0.633. The van der Waals surface area contributed by atoms with E-state index in [1.165, 1.54) is 0 Å². The lowest BCUT2D eigenvalue weighted by Gasteiger charge is -2.34. The fraction of sp³-hybridized carbons (Fsp3) is 0.375. The molecule has 1 fully saturated rings. The van der Waals surface area contributed by atoms with Crippen LogP contribution < -0.4 is 11.3 Å². The number of rotatable bonds is 1. The van der Waals surface area contributed by atoms with Gasteiger partial charge in [-0.15, -0.1) is 0 Å². The summed E-state index contributed by atoms with van der Waals surface area (Å²) in [5.74, 6) is -3.61. The first-order valence-electron chi connectivity index (χ1n) is 11.2. The molecule has 0 bridgehead atoms. The molecule has 0 spiro atoms. The maximum atomic E-state index is 13.5. The van der Waals surface area contributed by atoms with E-state index < -0.39 is 89.2 Å². The van der Waals surface area contributed by atoms with E-state index in [0.29, 0.717) is 0 Å². The molecule has 22 heavy (non-hydrogen) atoms. The van der Waals surface area contributed by atoms with Gasteiger partial charge in [0.25, 0.3) is 5.56 Å². The van der Waals surface area contributed by atoms with Crippen molar-refractivity contribution in [3.8, 4) is 0 Å². The van der Waals surface area contributed by atoms with E-state index in [0.717, 1.165) is 6.92 Å². The van der Waals surface area contributed by atoms with Gasteiger partial charge in [0.05, 0.1) is 21.4 Å². The Labute approximate surface area is 141 Å². The third-order valence-electron chi connectivity index (χ3n) is 3.34. The Kier molecular flexibility index (Phi) is 1.46. The molecular formula is C16H17N3O3. The summed E-state index contributed by atoms with van der Waals surface area (Å²) in [6.45, 7) is -2.64. The van der Waals surface area contributed by atoms with Crippen LogP contribution in [0.5, 0.6) is 0 Å². The van der Waals surface area contributed by atoms with Gasteiger partial charge in [0.1, 0.15) is 17.1 Å². The molecule has 0 aliphatic heterocycles. The number of fused-ring (bicyclic) bond motifs is 1. The van der Waals surface area contributed by atoms with E-state index in [4.69, 9.17) is 19.4 Å². The number of hydrogen-bond donors (Lipinski definition) is 1. The second-order valence-electron chi connectivity index (χ2n) is 4.80. The summed E-state index contributed by atoms with van der Waals surface area (Å²) >= 11 is 0. The lowest BCUT2D eigenvalue weighted by molar-refractivity contribution is -0.136. The zero-order valence-electron chi connectivity index (χ0n) is 21.4. The van der Waals surface area contributed by atoms with E-state index >= 15 is 0 Å². The van der Waals surface area contributed by atoms with Crippen LogP contribution in [0.15, 0.2) is 22.9 Å². The van der Waals surface area contributed by atoms with Crippen molar-refractivity contribution in [2.75, 3.05) is 5.73 Å². The fourth-order valence-electron chi connectivity index (χ4n) is 2.30. The predicted molar refractivity (Wildman–Crippen MR) is 82.7 cm³/mol. The second-order valence-corrected chi connectivity index (χ2v) is 4.80. The van der Waals surface area contributed by atoms with Gasteiger partial charge in [0, 0.05) is 21.7 Å². The molecule has 3 rings (SSSR count). The summed E-state index contributed by atoms with van der Waals surface area (Å²) in [5.41, 5.74) is -0.249. The number of nitrogen functional groups attached to an aromatic ring is 1. The fourth-order valence-corrected chi connectivity index (χ4v) is 2.30. The molecule has 1 saturated carbocycles. The third-order valence-corrected chi connectivity index (χ3v) is 3.34. The number of carbonyl (C=O) groups is 2. The monoisotopic (exact) mass is 309 g/mol. The summed E-state index contributed by atoms with van der Waals surface area (Å²) in [6.07, 6.45) is -8.49. The molecule has 0 unspecified atom stereocenters. The number of nitrogens with two attached hydrogens (primary N) is 1. The number of carbonyl (C=O) groups excluding carboxylic acids is 2. The molecule has 0 radical (unpaired) electrons. The maximum absolute atomic E-state index is 13.5. The van der Waals surface area contributed by atoms with E-state index in [9.17, 15) is 14.4 Å². The number of benzene rings is 1. The Hall–Kier alpha value is -2.50. The standard InChI is InChI=1S/C16H17N3O3/c1-9-18-12-5-3-4-11(17)14(12)15(22)19(9)16(2)7-6-10(20)8-13(16)21/h3-5H,6-8,17H2,1-2H3/t16-/m1/s1/i2D3,3D,4D,5D,6D2,7D2. The minimum absolute atomic E-state index is 0.161. The van der Waals surface area contributed by atoms with Gasteiger partial charge in [0.15, 0.2) is 5.78 Å². The lowest BCUT2D eigenvalue weighted by atomic mass is 9.81. The van der Waals surface area contributed by atoms with Gasteiger partial charge in [-0.05, 0) is 32.2 Å². The van der Waals surface area contributed by atoms with Crippen molar-refractivity contribution in [1.29, 1.82) is 0 Å². The smallest absolute Gasteiger partial charge is 0.264 e. The van der Waals surface area contributed by atoms with Gasteiger partial charge in [0.2, 0.25) is 0 Å². The van der Waals surface area contributed by atoms with Crippen LogP contribution in [0.25, 0.3) is 10.9 Å². The molecule has 1 aromatic carbocycles.